The van der Waals surface area contributed by atoms with Crippen molar-refractivity contribution in [1.82, 2.24) is 10.2 Å². The lowest BCUT2D eigenvalue weighted by atomic mass is 10.2. The van der Waals surface area contributed by atoms with Crippen molar-refractivity contribution in [3.8, 4) is 11.5 Å². The molecule has 0 radical (unpaired) electrons. The van der Waals surface area contributed by atoms with E-state index in [-0.39, 0.29) is 24.1 Å². The van der Waals surface area contributed by atoms with Gasteiger partial charge in [-0.1, -0.05) is 11.6 Å². The first-order valence-corrected chi connectivity index (χ1v) is 7.56. The highest BCUT2D eigenvalue weighted by Gasteiger charge is 2.12. The predicted molar refractivity (Wildman–Crippen MR) is 88.9 cm³/mol. The van der Waals surface area contributed by atoms with Crippen LogP contribution in [0.15, 0.2) is 51.3 Å². The number of hydrogen-bond donors (Lipinski definition) is 0. The summed E-state index contributed by atoms with van der Waals surface area (Å²) in [5, 5.41) is 18.7. The second kappa shape index (κ2) is 7.62. The van der Waals surface area contributed by atoms with Crippen molar-refractivity contribution >= 4 is 29.5 Å². The second-order valence-corrected chi connectivity index (χ2v) is 5.32. The van der Waals surface area contributed by atoms with Gasteiger partial charge in [0.2, 0.25) is 5.89 Å². The van der Waals surface area contributed by atoms with Gasteiger partial charge in [0.05, 0.1) is 6.07 Å². The van der Waals surface area contributed by atoms with Crippen molar-refractivity contribution in [3.05, 3.63) is 69.3 Å². The number of esters is 1. The number of halogens is 1. The summed E-state index contributed by atoms with van der Waals surface area (Å²) < 4.78 is 15.2. The molecule has 0 aliphatic heterocycles. The summed E-state index contributed by atoms with van der Waals surface area (Å²) in [5.74, 6) is -0.582. The molecule has 0 aliphatic carbocycles. The number of benzene rings is 1. The summed E-state index contributed by atoms with van der Waals surface area (Å²) in [5.41, 5.74) is 0.679. The van der Waals surface area contributed by atoms with Crippen molar-refractivity contribution in [3.63, 3.8) is 0 Å². The smallest absolute Gasteiger partial charge is 0.433 e. The molecule has 26 heavy (non-hydrogen) atoms. The Labute approximate surface area is 151 Å². The number of aromatic nitrogens is 2. The lowest BCUT2D eigenvalue weighted by molar-refractivity contribution is -0.402. The van der Waals surface area contributed by atoms with Gasteiger partial charge < -0.3 is 13.6 Å². The third kappa shape index (κ3) is 4.33. The number of hydrogen-bond acceptors (Lipinski definition) is 8. The second-order valence-electron chi connectivity index (χ2n) is 4.88. The molecule has 0 aliphatic rings. The molecule has 0 bridgehead atoms. The zero-order valence-corrected chi connectivity index (χ0v) is 13.8. The van der Waals surface area contributed by atoms with Gasteiger partial charge in [-0.3, -0.25) is 10.1 Å². The van der Waals surface area contributed by atoms with Crippen LogP contribution in [0.25, 0.3) is 17.5 Å². The van der Waals surface area contributed by atoms with Gasteiger partial charge in [0, 0.05) is 16.7 Å². The van der Waals surface area contributed by atoms with E-state index in [2.05, 4.69) is 10.2 Å². The summed E-state index contributed by atoms with van der Waals surface area (Å²) in [4.78, 5) is 21.5. The lowest BCUT2D eigenvalue weighted by Gasteiger charge is -1.97. The molecule has 0 atom stereocenters. The van der Waals surface area contributed by atoms with Gasteiger partial charge in [-0.15, -0.1) is 10.2 Å². The van der Waals surface area contributed by atoms with E-state index < -0.39 is 16.8 Å². The molecule has 1 aromatic carbocycles. The summed E-state index contributed by atoms with van der Waals surface area (Å²) in [6.07, 6.45) is 2.32. The highest BCUT2D eigenvalue weighted by atomic mass is 35.5. The normalized spacial score (nSPS) is 11.0. The molecule has 9 nitrogen and oxygen atoms in total. The van der Waals surface area contributed by atoms with Gasteiger partial charge >= 0.3 is 11.9 Å². The van der Waals surface area contributed by atoms with Gasteiger partial charge in [0.25, 0.3) is 5.89 Å². The molecule has 0 saturated carbocycles. The maximum atomic E-state index is 11.7. The van der Waals surface area contributed by atoms with Gasteiger partial charge in [-0.2, -0.15) is 0 Å². The fourth-order valence-corrected chi connectivity index (χ4v) is 2.01. The van der Waals surface area contributed by atoms with Crippen LogP contribution in [-0.2, 0) is 16.1 Å². The fourth-order valence-electron chi connectivity index (χ4n) is 1.88. The van der Waals surface area contributed by atoms with E-state index in [1.807, 2.05) is 0 Å². The molecule has 10 heteroatoms. The fraction of sp³-hybridized carbons (Fsp3) is 0.0625. The third-order valence-corrected chi connectivity index (χ3v) is 3.32. The maximum absolute atomic E-state index is 11.7. The van der Waals surface area contributed by atoms with Crippen molar-refractivity contribution in [2.45, 2.75) is 6.61 Å². The van der Waals surface area contributed by atoms with Crippen LogP contribution in [-0.4, -0.2) is 21.1 Å². The standard InChI is InChI=1S/C16H10ClN3O6/c17-11-3-1-10(2-4-11)16-19-18-13(26-16)9-24-15(21)8-6-12-5-7-14(25-12)20(22)23/h1-8H,9H2/b8-6+. The van der Waals surface area contributed by atoms with Crippen molar-refractivity contribution in [2.75, 3.05) is 0 Å². The Morgan fingerprint density at radius 1 is 1.19 bits per heavy atom. The maximum Gasteiger partial charge on any atom is 0.433 e. The van der Waals surface area contributed by atoms with Crippen LogP contribution in [0.3, 0.4) is 0 Å². The van der Waals surface area contributed by atoms with Crippen LogP contribution >= 0.6 is 11.6 Å². The quantitative estimate of drug-likeness (QED) is 0.277. The number of ether oxygens (including phenoxy) is 1. The van der Waals surface area contributed by atoms with E-state index in [9.17, 15) is 14.9 Å². The van der Waals surface area contributed by atoms with E-state index in [0.717, 1.165) is 6.08 Å². The van der Waals surface area contributed by atoms with Crippen molar-refractivity contribution in [1.29, 1.82) is 0 Å². The van der Waals surface area contributed by atoms with Crippen molar-refractivity contribution in [2.24, 2.45) is 0 Å². The van der Waals surface area contributed by atoms with Crippen LogP contribution in [0.1, 0.15) is 11.7 Å². The van der Waals surface area contributed by atoms with Gasteiger partial charge in [-0.25, -0.2) is 4.79 Å². The molecular weight excluding hydrogens is 366 g/mol. The summed E-state index contributed by atoms with van der Waals surface area (Å²) >= 11 is 5.81. The molecular formula is C16H10ClN3O6. The number of nitrogens with zero attached hydrogens (tertiary/aromatic N) is 3. The molecule has 0 spiro atoms. The Kier molecular flexibility index (Phi) is 5.09. The first kappa shape index (κ1) is 17.4. The molecule has 0 fully saturated rings. The number of carbonyl (C=O) groups excluding carboxylic acids is 1. The molecule has 132 valence electrons. The van der Waals surface area contributed by atoms with E-state index in [1.165, 1.54) is 18.2 Å². The molecule has 2 heterocycles. The molecule has 0 N–H and O–H groups in total. The number of furan rings is 1. The van der Waals surface area contributed by atoms with Crippen LogP contribution in [0.5, 0.6) is 0 Å². The SMILES string of the molecule is O=C(/C=C/c1ccc([N+](=O)[O-])o1)OCc1nnc(-c2ccc(Cl)cc2)o1. The highest BCUT2D eigenvalue weighted by molar-refractivity contribution is 6.30. The molecule has 3 rings (SSSR count). The molecule has 3 aromatic rings. The van der Waals surface area contributed by atoms with Gasteiger partial charge in [-0.05, 0) is 36.4 Å². The topological polar surface area (TPSA) is 122 Å². The minimum absolute atomic E-state index is 0.116. The number of rotatable bonds is 6. The van der Waals surface area contributed by atoms with Crippen LogP contribution in [0.2, 0.25) is 5.02 Å². The summed E-state index contributed by atoms with van der Waals surface area (Å²) in [6, 6.07) is 9.35. The molecule has 0 saturated heterocycles. The molecule has 0 amide bonds. The Hall–Kier alpha value is -3.46. The molecule has 2 aromatic heterocycles. The van der Waals surface area contributed by atoms with Crippen LogP contribution in [0, 0.1) is 10.1 Å². The first-order chi connectivity index (χ1) is 12.5. The van der Waals surface area contributed by atoms with Crippen LogP contribution < -0.4 is 0 Å². The summed E-state index contributed by atoms with van der Waals surface area (Å²) in [7, 11) is 0. The van der Waals surface area contributed by atoms with E-state index >= 15 is 0 Å². The Bertz CT molecular complexity index is 961. The van der Waals surface area contributed by atoms with Gasteiger partial charge in [0.1, 0.15) is 10.7 Å². The number of nitro groups is 1. The van der Waals surface area contributed by atoms with Crippen molar-refractivity contribution < 1.29 is 23.3 Å². The first-order valence-electron chi connectivity index (χ1n) is 7.18. The summed E-state index contributed by atoms with van der Waals surface area (Å²) in [6.45, 7) is -0.220. The Morgan fingerprint density at radius 2 is 1.96 bits per heavy atom. The average Bonchev–Trinajstić information content (AvgIpc) is 3.28. The van der Waals surface area contributed by atoms with E-state index in [1.54, 1.807) is 24.3 Å². The van der Waals surface area contributed by atoms with Gasteiger partial charge in [0.15, 0.2) is 6.61 Å². The van der Waals surface area contributed by atoms with E-state index in [4.69, 9.17) is 25.2 Å². The average molecular weight is 376 g/mol. The zero-order chi connectivity index (χ0) is 18.5. The number of carbonyl (C=O) groups is 1. The third-order valence-electron chi connectivity index (χ3n) is 3.07. The predicted octanol–water partition coefficient (Wildman–Crippen LogP) is 3.65. The Balaban J connectivity index is 1.55. The lowest BCUT2D eigenvalue weighted by Crippen LogP contribution is -2.00. The Morgan fingerprint density at radius 3 is 2.65 bits per heavy atom. The monoisotopic (exact) mass is 375 g/mol. The largest absolute Gasteiger partial charge is 0.452 e. The minimum Gasteiger partial charge on any atom is -0.452 e. The zero-order valence-electron chi connectivity index (χ0n) is 13.0. The highest BCUT2D eigenvalue weighted by Crippen LogP contribution is 2.20. The molecule has 0 unspecified atom stereocenters. The minimum atomic E-state index is -0.699. The van der Waals surface area contributed by atoms with Crippen LogP contribution in [0.4, 0.5) is 5.88 Å². The van der Waals surface area contributed by atoms with E-state index in [0.29, 0.717) is 10.6 Å².